The first-order valence-corrected chi connectivity index (χ1v) is 4.39. The Morgan fingerprint density at radius 1 is 1.21 bits per heavy atom. The molecule has 0 aliphatic heterocycles. The Hall–Kier alpha value is -1.42. The average molecular weight is 196 g/mol. The van der Waals surface area contributed by atoms with Gasteiger partial charge in [-0.1, -0.05) is 0 Å². The quantitative estimate of drug-likeness (QED) is 0.759. The molecular formula is C10H16N2O2. The minimum absolute atomic E-state index is 0.434. The van der Waals surface area contributed by atoms with Crippen LogP contribution in [0.2, 0.25) is 0 Å². The molecule has 0 aliphatic rings. The maximum absolute atomic E-state index is 5.59. The molecule has 14 heavy (non-hydrogen) atoms. The fourth-order valence-electron chi connectivity index (χ4n) is 1.32. The molecule has 4 nitrogen and oxygen atoms in total. The summed E-state index contributed by atoms with van der Waals surface area (Å²) in [4.78, 5) is 0. The number of methoxy groups -OCH3 is 2. The summed E-state index contributed by atoms with van der Waals surface area (Å²) in [5.41, 5.74) is 7.41. The van der Waals surface area contributed by atoms with Crippen molar-refractivity contribution in [2.24, 2.45) is 5.73 Å². The zero-order chi connectivity index (χ0) is 10.6. The Bertz CT molecular complexity index is 255. The second-order valence-electron chi connectivity index (χ2n) is 2.82. The van der Waals surface area contributed by atoms with Crippen molar-refractivity contribution in [3.05, 3.63) is 17.7 Å². The third-order valence-corrected chi connectivity index (χ3v) is 2.09. The van der Waals surface area contributed by atoms with Crippen LogP contribution in [-0.4, -0.2) is 21.3 Å². The van der Waals surface area contributed by atoms with Crippen LogP contribution >= 0.6 is 0 Å². The first-order chi connectivity index (χ1) is 6.76. The van der Waals surface area contributed by atoms with Crippen LogP contribution < -0.4 is 20.5 Å². The summed E-state index contributed by atoms with van der Waals surface area (Å²) in [5.74, 6) is 1.55. The zero-order valence-electron chi connectivity index (χ0n) is 8.76. The number of nitrogens with one attached hydrogen (secondary N) is 1. The number of benzene rings is 1. The summed E-state index contributed by atoms with van der Waals surface area (Å²) < 4.78 is 10.4. The molecule has 4 heteroatoms. The Morgan fingerprint density at radius 3 is 2.29 bits per heavy atom. The highest BCUT2D eigenvalue weighted by Crippen LogP contribution is 2.32. The van der Waals surface area contributed by atoms with Crippen molar-refractivity contribution < 1.29 is 9.47 Å². The number of hydrogen-bond donors (Lipinski definition) is 2. The summed E-state index contributed by atoms with van der Waals surface area (Å²) >= 11 is 0. The first kappa shape index (κ1) is 10.7. The summed E-state index contributed by atoms with van der Waals surface area (Å²) in [7, 11) is 5.09. The number of rotatable bonds is 4. The molecule has 0 bridgehead atoms. The lowest BCUT2D eigenvalue weighted by Crippen LogP contribution is -2.02. The molecular weight excluding hydrogens is 180 g/mol. The molecule has 0 unspecified atom stereocenters. The fraction of sp³-hybridized carbons (Fsp3) is 0.400. The molecule has 3 N–H and O–H groups in total. The van der Waals surface area contributed by atoms with Crippen molar-refractivity contribution in [2.75, 3.05) is 26.6 Å². The molecule has 1 aromatic carbocycles. The van der Waals surface area contributed by atoms with Gasteiger partial charge in [0.25, 0.3) is 0 Å². The van der Waals surface area contributed by atoms with E-state index in [1.807, 2.05) is 19.2 Å². The van der Waals surface area contributed by atoms with Crippen LogP contribution in [-0.2, 0) is 6.54 Å². The molecule has 1 rings (SSSR count). The van der Waals surface area contributed by atoms with Gasteiger partial charge in [0.05, 0.1) is 19.9 Å². The van der Waals surface area contributed by atoms with E-state index in [9.17, 15) is 0 Å². The molecule has 0 atom stereocenters. The summed E-state index contributed by atoms with van der Waals surface area (Å²) in [6.45, 7) is 0.434. The van der Waals surface area contributed by atoms with Crippen molar-refractivity contribution in [1.82, 2.24) is 0 Å². The Morgan fingerprint density at radius 2 is 1.86 bits per heavy atom. The lowest BCUT2D eigenvalue weighted by molar-refractivity contribution is 0.400. The van der Waals surface area contributed by atoms with Crippen LogP contribution in [0.1, 0.15) is 5.56 Å². The molecule has 0 aliphatic carbocycles. The summed E-state index contributed by atoms with van der Waals surface area (Å²) in [6.07, 6.45) is 0. The van der Waals surface area contributed by atoms with Gasteiger partial charge in [0.1, 0.15) is 11.5 Å². The average Bonchev–Trinajstić information content (AvgIpc) is 2.26. The maximum Gasteiger partial charge on any atom is 0.142 e. The number of ether oxygens (including phenoxy) is 2. The lowest BCUT2D eigenvalue weighted by atomic mass is 10.1. The van der Waals surface area contributed by atoms with Gasteiger partial charge in [-0.3, -0.25) is 0 Å². The van der Waals surface area contributed by atoms with Gasteiger partial charge in [0, 0.05) is 25.2 Å². The normalized spacial score (nSPS) is 9.71. The number of anilines is 1. The number of hydrogen-bond acceptors (Lipinski definition) is 4. The monoisotopic (exact) mass is 196 g/mol. The van der Waals surface area contributed by atoms with E-state index in [4.69, 9.17) is 15.2 Å². The predicted octanol–water partition coefficient (Wildman–Crippen LogP) is 1.20. The second kappa shape index (κ2) is 4.72. The van der Waals surface area contributed by atoms with Gasteiger partial charge in [0.2, 0.25) is 0 Å². The Labute approximate surface area is 84.0 Å². The molecule has 0 saturated carbocycles. The van der Waals surface area contributed by atoms with Crippen LogP contribution in [0.4, 0.5) is 5.69 Å². The molecule has 78 valence electrons. The van der Waals surface area contributed by atoms with Crippen LogP contribution in [0.25, 0.3) is 0 Å². The maximum atomic E-state index is 5.59. The van der Waals surface area contributed by atoms with Gasteiger partial charge in [-0.25, -0.2) is 0 Å². The Kier molecular flexibility index (Phi) is 3.59. The highest BCUT2D eigenvalue weighted by Gasteiger charge is 2.08. The highest BCUT2D eigenvalue weighted by molar-refractivity contribution is 5.62. The van der Waals surface area contributed by atoms with Gasteiger partial charge in [-0.15, -0.1) is 0 Å². The zero-order valence-corrected chi connectivity index (χ0v) is 8.76. The third-order valence-electron chi connectivity index (χ3n) is 2.09. The molecule has 1 aromatic rings. The van der Waals surface area contributed by atoms with E-state index in [0.717, 1.165) is 22.7 Å². The van der Waals surface area contributed by atoms with Crippen molar-refractivity contribution in [3.8, 4) is 11.5 Å². The van der Waals surface area contributed by atoms with E-state index in [1.165, 1.54) is 0 Å². The standard InChI is InChI=1S/C10H16N2O2/c1-12-8-5-9(13-2)7(6-11)4-10(8)14-3/h4-5,12H,6,11H2,1-3H3. The SMILES string of the molecule is CNc1cc(OC)c(CN)cc1OC. The van der Waals surface area contributed by atoms with Gasteiger partial charge >= 0.3 is 0 Å². The van der Waals surface area contributed by atoms with Crippen molar-refractivity contribution >= 4 is 5.69 Å². The van der Waals surface area contributed by atoms with Gasteiger partial charge in [0.15, 0.2) is 0 Å². The summed E-state index contributed by atoms with van der Waals surface area (Å²) in [6, 6.07) is 3.76. The van der Waals surface area contributed by atoms with E-state index in [1.54, 1.807) is 14.2 Å². The smallest absolute Gasteiger partial charge is 0.142 e. The predicted molar refractivity (Wildman–Crippen MR) is 57.0 cm³/mol. The minimum Gasteiger partial charge on any atom is -0.496 e. The number of nitrogens with two attached hydrogens (primary N) is 1. The molecule has 0 saturated heterocycles. The minimum atomic E-state index is 0.434. The van der Waals surface area contributed by atoms with E-state index in [-0.39, 0.29) is 0 Å². The molecule has 0 radical (unpaired) electrons. The van der Waals surface area contributed by atoms with Crippen molar-refractivity contribution in [2.45, 2.75) is 6.54 Å². The van der Waals surface area contributed by atoms with E-state index in [0.29, 0.717) is 6.54 Å². The van der Waals surface area contributed by atoms with E-state index >= 15 is 0 Å². The van der Waals surface area contributed by atoms with Crippen molar-refractivity contribution in [1.29, 1.82) is 0 Å². The second-order valence-corrected chi connectivity index (χ2v) is 2.82. The summed E-state index contributed by atoms with van der Waals surface area (Å²) in [5, 5.41) is 3.03. The highest BCUT2D eigenvalue weighted by atomic mass is 16.5. The van der Waals surface area contributed by atoms with Crippen molar-refractivity contribution in [3.63, 3.8) is 0 Å². The van der Waals surface area contributed by atoms with Gasteiger partial charge in [-0.2, -0.15) is 0 Å². The van der Waals surface area contributed by atoms with Crippen LogP contribution in [0, 0.1) is 0 Å². The molecule has 0 amide bonds. The van der Waals surface area contributed by atoms with Crippen LogP contribution in [0.3, 0.4) is 0 Å². The molecule has 0 aromatic heterocycles. The first-order valence-electron chi connectivity index (χ1n) is 4.39. The lowest BCUT2D eigenvalue weighted by Gasteiger charge is -2.13. The topological polar surface area (TPSA) is 56.5 Å². The van der Waals surface area contributed by atoms with Crippen LogP contribution in [0.15, 0.2) is 12.1 Å². The van der Waals surface area contributed by atoms with Gasteiger partial charge in [-0.05, 0) is 6.07 Å². The molecule has 0 fully saturated rings. The van der Waals surface area contributed by atoms with E-state index < -0.39 is 0 Å². The fourth-order valence-corrected chi connectivity index (χ4v) is 1.32. The largest absolute Gasteiger partial charge is 0.496 e. The van der Waals surface area contributed by atoms with Gasteiger partial charge < -0.3 is 20.5 Å². The third kappa shape index (κ3) is 1.90. The van der Waals surface area contributed by atoms with E-state index in [2.05, 4.69) is 5.32 Å². The van der Waals surface area contributed by atoms with Crippen LogP contribution in [0.5, 0.6) is 11.5 Å². The molecule has 0 heterocycles. The Balaban J connectivity index is 3.20. The molecule has 0 spiro atoms.